The Balaban J connectivity index is 2.41. The van der Waals surface area contributed by atoms with Crippen molar-refractivity contribution < 1.29 is 0 Å². The van der Waals surface area contributed by atoms with Crippen molar-refractivity contribution in [3.63, 3.8) is 0 Å². The molecule has 0 amide bonds. The molecule has 0 heterocycles. The summed E-state index contributed by atoms with van der Waals surface area (Å²) in [5, 5.41) is 0.773. The highest BCUT2D eigenvalue weighted by atomic mass is 79.9. The van der Waals surface area contributed by atoms with E-state index in [4.69, 9.17) is 17.3 Å². The van der Waals surface area contributed by atoms with Gasteiger partial charge >= 0.3 is 0 Å². The van der Waals surface area contributed by atoms with Crippen LogP contribution in [0.15, 0.2) is 46.6 Å². The van der Waals surface area contributed by atoms with Crippen LogP contribution >= 0.6 is 27.5 Å². The summed E-state index contributed by atoms with van der Waals surface area (Å²) in [6.45, 7) is 0. The standard InChI is InChI=1S/C14H13BrClN/c15-14-9-12-8-13(16)6-5-10(12)3-4-11(14)2-1-7-17/h1-2,5-9H,3-4,17H2/b7-1-,11-2+. The topological polar surface area (TPSA) is 26.0 Å². The highest BCUT2D eigenvalue weighted by molar-refractivity contribution is 9.12. The molecule has 1 aromatic rings. The second kappa shape index (κ2) is 5.56. The van der Waals surface area contributed by atoms with Crippen LogP contribution in [-0.2, 0) is 6.42 Å². The quantitative estimate of drug-likeness (QED) is 0.816. The molecular weight excluding hydrogens is 298 g/mol. The number of aryl methyl sites for hydroxylation is 1. The predicted molar refractivity (Wildman–Crippen MR) is 78.1 cm³/mol. The molecule has 17 heavy (non-hydrogen) atoms. The normalized spacial score (nSPS) is 18.0. The summed E-state index contributed by atoms with van der Waals surface area (Å²) in [5.41, 5.74) is 9.12. The smallest absolute Gasteiger partial charge is 0.0412 e. The third-order valence-electron chi connectivity index (χ3n) is 2.77. The summed E-state index contributed by atoms with van der Waals surface area (Å²) in [6, 6.07) is 6.03. The molecule has 0 aliphatic heterocycles. The molecule has 0 aromatic heterocycles. The Morgan fingerprint density at radius 3 is 2.88 bits per heavy atom. The molecule has 0 spiro atoms. The average molecular weight is 311 g/mol. The van der Waals surface area contributed by atoms with Crippen molar-refractivity contribution in [2.24, 2.45) is 5.73 Å². The third-order valence-corrected chi connectivity index (χ3v) is 3.74. The van der Waals surface area contributed by atoms with E-state index in [1.807, 2.05) is 24.3 Å². The monoisotopic (exact) mass is 309 g/mol. The second-order valence-corrected chi connectivity index (χ2v) is 5.20. The summed E-state index contributed by atoms with van der Waals surface area (Å²) >= 11 is 9.62. The Hall–Kier alpha value is -0.990. The van der Waals surface area contributed by atoms with Gasteiger partial charge in [-0.05, 0) is 60.0 Å². The molecule has 1 aromatic carbocycles. The van der Waals surface area contributed by atoms with Gasteiger partial charge in [0.2, 0.25) is 0 Å². The van der Waals surface area contributed by atoms with Gasteiger partial charge in [-0.3, -0.25) is 0 Å². The first-order chi connectivity index (χ1) is 8.20. The van der Waals surface area contributed by atoms with E-state index in [-0.39, 0.29) is 0 Å². The van der Waals surface area contributed by atoms with Crippen LogP contribution in [0.4, 0.5) is 0 Å². The molecule has 0 saturated carbocycles. The lowest BCUT2D eigenvalue weighted by molar-refractivity contribution is 0.969. The molecule has 3 heteroatoms. The van der Waals surface area contributed by atoms with Crippen LogP contribution in [0.3, 0.4) is 0 Å². The van der Waals surface area contributed by atoms with E-state index < -0.39 is 0 Å². The highest BCUT2D eigenvalue weighted by Crippen LogP contribution is 2.31. The second-order valence-electron chi connectivity index (χ2n) is 3.91. The fourth-order valence-corrected chi connectivity index (χ4v) is 2.64. The number of benzene rings is 1. The largest absolute Gasteiger partial charge is 0.405 e. The van der Waals surface area contributed by atoms with Crippen molar-refractivity contribution in [1.82, 2.24) is 0 Å². The summed E-state index contributed by atoms with van der Waals surface area (Å²) in [6.07, 6.45) is 9.56. The number of rotatable bonds is 1. The van der Waals surface area contributed by atoms with Crippen molar-refractivity contribution in [2.75, 3.05) is 0 Å². The molecule has 1 nitrogen and oxygen atoms in total. The fourth-order valence-electron chi connectivity index (χ4n) is 1.88. The van der Waals surface area contributed by atoms with Crippen molar-refractivity contribution in [2.45, 2.75) is 12.8 Å². The van der Waals surface area contributed by atoms with E-state index in [1.165, 1.54) is 16.7 Å². The molecule has 2 rings (SSSR count). The van der Waals surface area contributed by atoms with Gasteiger partial charge in [-0.2, -0.15) is 0 Å². The van der Waals surface area contributed by atoms with Crippen molar-refractivity contribution in [3.8, 4) is 0 Å². The van der Waals surface area contributed by atoms with Crippen LogP contribution < -0.4 is 5.73 Å². The lowest BCUT2D eigenvalue weighted by Crippen LogP contribution is -1.88. The Morgan fingerprint density at radius 2 is 2.12 bits per heavy atom. The maximum Gasteiger partial charge on any atom is 0.0412 e. The number of hydrogen-bond acceptors (Lipinski definition) is 1. The van der Waals surface area contributed by atoms with Crippen molar-refractivity contribution >= 4 is 33.6 Å². The molecule has 0 saturated heterocycles. The van der Waals surface area contributed by atoms with Gasteiger partial charge < -0.3 is 5.73 Å². The summed E-state index contributed by atoms with van der Waals surface area (Å²) < 4.78 is 1.09. The molecule has 0 fully saturated rings. The van der Waals surface area contributed by atoms with E-state index >= 15 is 0 Å². The van der Waals surface area contributed by atoms with Gasteiger partial charge in [-0.15, -0.1) is 0 Å². The summed E-state index contributed by atoms with van der Waals surface area (Å²) in [7, 11) is 0. The lowest BCUT2D eigenvalue weighted by Gasteiger charge is -2.03. The zero-order valence-corrected chi connectivity index (χ0v) is 11.6. The van der Waals surface area contributed by atoms with E-state index in [9.17, 15) is 0 Å². The molecule has 1 aliphatic carbocycles. The maximum absolute atomic E-state index is 6.01. The van der Waals surface area contributed by atoms with Crippen LogP contribution in [0.25, 0.3) is 6.08 Å². The number of halogens is 2. The molecule has 1 aliphatic rings. The minimum Gasteiger partial charge on any atom is -0.405 e. The fraction of sp³-hybridized carbons (Fsp3) is 0.143. The first kappa shape index (κ1) is 12.5. The first-order valence-corrected chi connectivity index (χ1v) is 6.61. The minimum absolute atomic E-state index is 0.773. The minimum atomic E-state index is 0.773. The Morgan fingerprint density at radius 1 is 1.29 bits per heavy atom. The third kappa shape index (κ3) is 3.02. The number of allylic oxidation sites excluding steroid dienone is 4. The summed E-state index contributed by atoms with van der Waals surface area (Å²) in [5.74, 6) is 0. The molecule has 88 valence electrons. The van der Waals surface area contributed by atoms with E-state index in [2.05, 4.69) is 28.1 Å². The average Bonchev–Trinajstić information content (AvgIpc) is 2.45. The Labute approximate surface area is 115 Å². The van der Waals surface area contributed by atoms with Crippen LogP contribution in [0.2, 0.25) is 5.02 Å². The van der Waals surface area contributed by atoms with Crippen molar-refractivity contribution in [1.29, 1.82) is 0 Å². The zero-order chi connectivity index (χ0) is 12.3. The first-order valence-electron chi connectivity index (χ1n) is 5.44. The van der Waals surface area contributed by atoms with E-state index in [0.29, 0.717) is 0 Å². The Bertz CT molecular complexity index is 515. The van der Waals surface area contributed by atoms with Crippen molar-refractivity contribution in [3.05, 3.63) is 62.8 Å². The molecule has 2 N–H and O–H groups in total. The van der Waals surface area contributed by atoms with Crippen LogP contribution in [0, 0.1) is 0 Å². The molecule has 0 atom stereocenters. The highest BCUT2D eigenvalue weighted by Gasteiger charge is 2.11. The van der Waals surface area contributed by atoms with Crippen LogP contribution in [0.1, 0.15) is 17.5 Å². The number of nitrogens with two attached hydrogens (primary N) is 1. The van der Waals surface area contributed by atoms with Gasteiger partial charge in [0.15, 0.2) is 0 Å². The van der Waals surface area contributed by atoms with E-state index in [0.717, 1.165) is 22.3 Å². The lowest BCUT2D eigenvalue weighted by atomic mass is 10.0. The molecule has 0 unspecified atom stereocenters. The van der Waals surface area contributed by atoms with Gasteiger partial charge in [-0.1, -0.05) is 39.7 Å². The molecule has 0 bridgehead atoms. The Kier molecular flexibility index (Phi) is 4.08. The molecule has 0 radical (unpaired) electrons. The van der Waals surface area contributed by atoms with Crippen LogP contribution in [0.5, 0.6) is 0 Å². The van der Waals surface area contributed by atoms with E-state index in [1.54, 1.807) is 6.20 Å². The summed E-state index contributed by atoms with van der Waals surface area (Å²) in [4.78, 5) is 0. The van der Waals surface area contributed by atoms with Gasteiger partial charge in [0, 0.05) is 9.51 Å². The number of hydrogen-bond donors (Lipinski definition) is 1. The maximum atomic E-state index is 6.01. The predicted octanol–water partition coefficient (Wildman–Crippen LogP) is 4.42. The van der Waals surface area contributed by atoms with Gasteiger partial charge in [0.1, 0.15) is 0 Å². The van der Waals surface area contributed by atoms with Gasteiger partial charge in [-0.25, -0.2) is 0 Å². The van der Waals surface area contributed by atoms with Gasteiger partial charge in [0.25, 0.3) is 0 Å². The molecular formula is C14H13BrClN. The number of fused-ring (bicyclic) bond motifs is 1. The zero-order valence-electron chi connectivity index (χ0n) is 9.29. The van der Waals surface area contributed by atoms with Gasteiger partial charge in [0.05, 0.1) is 0 Å². The van der Waals surface area contributed by atoms with Crippen LogP contribution in [-0.4, -0.2) is 0 Å². The SMILES string of the molecule is N/C=C\C=C1/CCc2ccc(Cl)cc2C=C1Br.